The van der Waals surface area contributed by atoms with Gasteiger partial charge in [0.25, 0.3) is 0 Å². The topological polar surface area (TPSA) is 113 Å². The number of rotatable bonds is 9. The summed E-state index contributed by atoms with van der Waals surface area (Å²) in [4.78, 5) is 32.6. The largest absolute Gasteiger partial charge is 0.455 e. The van der Waals surface area contributed by atoms with Gasteiger partial charge in [0.05, 0.1) is 33.2 Å². The average molecular weight is 1350 g/mol. The van der Waals surface area contributed by atoms with Crippen LogP contribution in [-0.2, 0) is 5.41 Å². The lowest BCUT2D eigenvalue weighted by molar-refractivity contribution is 0.666. The minimum Gasteiger partial charge on any atom is -0.455 e. The number of hydrogen-bond acceptors (Lipinski definition) is 9. The first-order chi connectivity index (χ1) is 51.3. The van der Waals surface area contributed by atoms with Crippen LogP contribution in [0.4, 0.5) is 0 Å². The normalized spacial score (nSPS) is 12.8. The molecule has 1 aliphatic rings. The van der Waals surface area contributed by atoms with Crippen LogP contribution >= 0.6 is 11.3 Å². The highest BCUT2D eigenvalue weighted by atomic mass is 32.1. The summed E-state index contributed by atoms with van der Waals surface area (Å²) in [5, 5.41) is 11.1. The lowest BCUT2D eigenvalue weighted by Crippen LogP contribution is -2.15. The van der Waals surface area contributed by atoms with Gasteiger partial charge in [-0.2, -0.15) is 19.9 Å². The fourth-order valence-electron chi connectivity index (χ4n) is 16.7. The molecule has 0 saturated heterocycles. The van der Waals surface area contributed by atoms with Crippen LogP contribution in [0.25, 0.3) is 210 Å². The lowest BCUT2D eigenvalue weighted by Gasteiger charge is -2.22. The molecule has 0 N–H and O–H groups in total. The Morgan fingerprint density at radius 3 is 1.50 bits per heavy atom. The molecule has 14 aromatic carbocycles. The van der Waals surface area contributed by atoms with Crippen LogP contribution in [0.5, 0.6) is 0 Å². The number of benzene rings is 14. The van der Waals surface area contributed by atoms with Crippen LogP contribution in [0.3, 0.4) is 0 Å². The van der Waals surface area contributed by atoms with Crippen LogP contribution in [0.2, 0.25) is 0 Å². The highest BCUT2D eigenvalue weighted by Crippen LogP contribution is 2.54. The molecule has 1 aliphatic carbocycles. The van der Waals surface area contributed by atoms with Crippen molar-refractivity contribution in [1.82, 2.24) is 39.0 Å². The predicted octanol–water partition coefficient (Wildman–Crippen LogP) is 24.4. The lowest BCUT2D eigenvalue weighted by atomic mass is 9.80. The van der Waals surface area contributed by atoms with Crippen molar-refractivity contribution >= 4 is 119 Å². The molecule has 0 amide bonds. The van der Waals surface area contributed by atoms with E-state index in [1.807, 2.05) is 41.7 Å². The van der Waals surface area contributed by atoms with Gasteiger partial charge in [-0.25, -0.2) is 9.97 Å². The van der Waals surface area contributed by atoms with Crippen molar-refractivity contribution in [2.45, 2.75) is 19.3 Å². The number of fused-ring (bicyclic) bond motifs is 20. The standard InChI is InChI=1S/C93H56N8O2S/c1-93(2)72-34-11-6-24-61(72)64-48-50-75-81(83(64)93)67-27-7-12-35-73(67)100(75)91-96-87(56-44-40-54(41-45-56)53-20-4-3-5-21-53)95-90(99-91)71-33-18-31-69-80-60(29-19-38-78(80)103-85(69)71)59-23-16-22-58(52-59)55-42-46-57(47-43-55)88-94-89(70-32-17-30-65-62-25-9-14-37-77(62)102-84(65)70)98-92(97-88)101-74-36-13-8-28-68(74)82-76(101)51-49-66-63-26-10-15-39-79(63)104-86(66)82/h3-52H,1-2H3. The van der Waals surface area contributed by atoms with Gasteiger partial charge < -0.3 is 8.83 Å². The van der Waals surface area contributed by atoms with Gasteiger partial charge in [0.15, 0.2) is 23.3 Å². The average Bonchev–Trinajstić information content (AvgIpc) is 1.54. The smallest absolute Gasteiger partial charge is 0.238 e. The Kier molecular flexibility index (Phi) is 12.5. The van der Waals surface area contributed by atoms with Crippen molar-refractivity contribution < 1.29 is 8.83 Å². The molecule has 22 rings (SSSR count). The summed E-state index contributed by atoms with van der Waals surface area (Å²) < 4.78 is 20.7. The third-order valence-corrected chi connectivity index (χ3v) is 22.7. The molecule has 0 fully saturated rings. The fourth-order valence-corrected chi connectivity index (χ4v) is 18.0. The van der Waals surface area contributed by atoms with E-state index in [2.05, 4.69) is 296 Å². The first-order valence-electron chi connectivity index (χ1n) is 35.1. The number of hydrogen-bond donors (Lipinski definition) is 0. The van der Waals surface area contributed by atoms with Crippen molar-refractivity contribution in [3.8, 4) is 102 Å². The summed E-state index contributed by atoms with van der Waals surface area (Å²) in [6.07, 6.45) is 0. The molecule has 7 heterocycles. The molecule has 7 aromatic heterocycles. The Hall–Kier alpha value is -13.5. The Morgan fingerprint density at radius 1 is 0.288 bits per heavy atom. The summed E-state index contributed by atoms with van der Waals surface area (Å²) in [5.41, 5.74) is 21.6. The van der Waals surface area contributed by atoms with Crippen LogP contribution in [0.1, 0.15) is 25.0 Å². The molecule has 0 aliphatic heterocycles. The molecule has 104 heavy (non-hydrogen) atoms. The summed E-state index contributed by atoms with van der Waals surface area (Å²) in [5.74, 6) is 3.14. The molecule has 486 valence electrons. The van der Waals surface area contributed by atoms with Gasteiger partial charge >= 0.3 is 0 Å². The van der Waals surface area contributed by atoms with Crippen LogP contribution < -0.4 is 0 Å². The molecule has 11 heteroatoms. The quantitative estimate of drug-likeness (QED) is 0.140. The van der Waals surface area contributed by atoms with E-state index in [0.29, 0.717) is 40.8 Å². The molecule has 21 aromatic rings. The Balaban J connectivity index is 0.663. The zero-order valence-corrected chi connectivity index (χ0v) is 57.0. The molecule has 0 spiro atoms. The van der Waals surface area contributed by atoms with Crippen molar-refractivity contribution in [2.24, 2.45) is 0 Å². The summed E-state index contributed by atoms with van der Waals surface area (Å²) in [7, 11) is 0. The van der Waals surface area contributed by atoms with Gasteiger partial charge in [0.2, 0.25) is 11.9 Å². The first-order valence-corrected chi connectivity index (χ1v) is 35.9. The Labute approximate surface area is 598 Å². The second-order valence-corrected chi connectivity index (χ2v) is 28.7. The van der Waals surface area contributed by atoms with Crippen molar-refractivity contribution in [3.63, 3.8) is 0 Å². The highest BCUT2D eigenvalue weighted by Gasteiger charge is 2.38. The second-order valence-electron chi connectivity index (χ2n) is 27.6. The van der Waals surface area contributed by atoms with E-state index in [0.717, 1.165) is 127 Å². The first kappa shape index (κ1) is 58.3. The van der Waals surface area contributed by atoms with E-state index < -0.39 is 0 Å². The molecular formula is C93H56N8O2S. The molecule has 0 bridgehead atoms. The molecule has 0 unspecified atom stereocenters. The number of aromatic nitrogens is 8. The van der Waals surface area contributed by atoms with E-state index in [1.165, 1.54) is 53.2 Å². The summed E-state index contributed by atoms with van der Waals surface area (Å²) >= 11 is 1.83. The maximum absolute atomic E-state index is 7.10. The maximum Gasteiger partial charge on any atom is 0.238 e. The molecular weight excluding hydrogens is 1290 g/mol. The van der Waals surface area contributed by atoms with Gasteiger partial charge in [-0.15, -0.1) is 11.3 Å². The van der Waals surface area contributed by atoms with Crippen molar-refractivity contribution in [1.29, 1.82) is 0 Å². The maximum atomic E-state index is 7.10. The third-order valence-electron chi connectivity index (χ3n) is 21.5. The summed E-state index contributed by atoms with van der Waals surface area (Å²) in [6.45, 7) is 4.70. The number of thiophene rings is 1. The number of furan rings is 2. The van der Waals surface area contributed by atoms with Crippen LogP contribution in [0, 0.1) is 0 Å². The second kappa shape index (κ2) is 22.3. The fraction of sp³-hybridized carbons (Fsp3) is 0.0323. The minimum atomic E-state index is -0.255. The number of para-hydroxylation sites is 5. The van der Waals surface area contributed by atoms with Crippen LogP contribution in [0.15, 0.2) is 312 Å². The van der Waals surface area contributed by atoms with Gasteiger partial charge in [0.1, 0.15) is 22.3 Å². The van der Waals surface area contributed by atoms with Gasteiger partial charge in [-0.05, 0) is 116 Å². The van der Waals surface area contributed by atoms with E-state index >= 15 is 0 Å². The highest BCUT2D eigenvalue weighted by molar-refractivity contribution is 7.26. The van der Waals surface area contributed by atoms with Gasteiger partial charge in [-0.3, -0.25) is 9.13 Å². The van der Waals surface area contributed by atoms with E-state index in [1.54, 1.807) is 0 Å². The monoisotopic (exact) mass is 1350 g/mol. The summed E-state index contributed by atoms with van der Waals surface area (Å²) in [6, 6.07) is 107. The van der Waals surface area contributed by atoms with Crippen LogP contribution in [-0.4, -0.2) is 39.0 Å². The van der Waals surface area contributed by atoms with E-state index in [-0.39, 0.29) is 5.41 Å². The Morgan fingerprint density at radius 2 is 0.769 bits per heavy atom. The number of nitrogens with zero attached hydrogens (tertiary/aromatic N) is 8. The van der Waals surface area contributed by atoms with Crippen molar-refractivity contribution in [2.75, 3.05) is 0 Å². The minimum absolute atomic E-state index is 0.255. The van der Waals surface area contributed by atoms with E-state index in [4.69, 9.17) is 38.7 Å². The van der Waals surface area contributed by atoms with Gasteiger partial charge in [0, 0.05) is 79.8 Å². The predicted molar refractivity (Wildman–Crippen MR) is 425 cm³/mol. The Bertz CT molecular complexity index is 7200. The molecule has 0 saturated carbocycles. The zero-order chi connectivity index (χ0) is 68.5. The molecule has 0 radical (unpaired) electrons. The van der Waals surface area contributed by atoms with E-state index in [9.17, 15) is 0 Å². The molecule has 10 nitrogen and oxygen atoms in total. The SMILES string of the molecule is CC1(C)c2ccccc2-c2ccc3c(c21)c1ccccc1n3-c1nc(-c2ccc(-c3ccccc3)cc2)nc(-c2cccc3c2oc2cccc(-c4cccc(-c5ccc(-c6nc(-c7cccc8c7oc7ccccc78)nc(-n7c8ccccc8c8c9sc%10ccccc%10c9ccc87)n6)cc5)c4)c23)n1. The third kappa shape index (κ3) is 8.68. The molecule has 0 atom stereocenters. The zero-order valence-electron chi connectivity index (χ0n) is 56.2. The van der Waals surface area contributed by atoms with Crippen molar-refractivity contribution in [3.05, 3.63) is 314 Å². The van der Waals surface area contributed by atoms with Gasteiger partial charge in [-0.1, -0.05) is 257 Å².